The summed E-state index contributed by atoms with van der Waals surface area (Å²) < 4.78 is 41.0. The highest BCUT2D eigenvalue weighted by Crippen LogP contribution is 2.31. The fourth-order valence-corrected chi connectivity index (χ4v) is 3.10. The number of alkyl halides is 3. The molecule has 136 valence electrons. The Morgan fingerprint density at radius 2 is 1.78 bits per heavy atom. The van der Waals surface area contributed by atoms with Crippen molar-refractivity contribution in [1.82, 2.24) is 14.5 Å². The Labute approximate surface area is 158 Å². The number of nitrogens with zero attached hydrogens (tertiary/aromatic N) is 3. The third-order valence-corrected chi connectivity index (χ3v) is 4.46. The summed E-state index contributed by atoms with van der Waals surface area (Å²) in [4.78, 5) is 8.72. The van der Waals surface area contributed by atoms with Gasteiger partial charge in [-0.3, -0.25) is 0 Å². The summed E-state index contributed by atoms with van der Waals surface area (Å²) in [5.41, 5.74) is 2.20. The lowest BCUT2D eigenvalue weighted by atomic mass is 10.1. The van der Waals surface area contributed by atoms with E-state index in [0.29, 0.717) is 16.5 Å². The Morgan fingerprint density at radius 1 is 0.963 bits per heavy atom. The number of hydrogen-bond donors (Lipinski definition) is 0. The number of imidazole rings is 1. The molecular weight excluding hydrogens is 375 g/mol. The van der Waals surface area contributed by atoms with Gasteiger partial charge in [-0.25, -0.2) is 9.97 Å². The van der Waals surface area contributed by atoms with Crippen LogP contribution in [-0.4, -0.2) is 14.5 Å². The van der Waals surface area contributed by atoms with Crippen molar-refractivity contribution in [3.8, 4) is 11.4 Å². The van der Waals surface area contributed by atoms with Crippen molar-refractivity contribution in [2.45, 2.75) is 12.7 Å². The first-order valence-corrected chi connectivity index (χ1v) is 8.53. The molecular formula is C20H13ClF3N3. The van der Waals surface area contributed by atoms with Crippen molar-refractivity contribution in [2.24, 2.45) is 0 Å². The number of hydrogen-bond acceptors (Lipinski definition) is 2. The van der Waals surface area contributed by atoms with E-state index in [9.17, 15) is 13.2 Å². The van der Waals surface area contributed by atoms with Gasteiger partial charge in [0.15, 0.2) is 0 Å². The predicted molar refractivity (Wildman–Crippen MR) is 98.5 cm³/mol. The monoisotopic (exact) mass is 387 g/mol. The van der Waals surface area contributed by atoms with Crippen molar-refractivity contribution < 1.29 is 13.2 Å². The highest BCUT2D eigenvalue weighted by Gasteiger charge is 2.30. The van der Waals surface area contributed by atoms with Crippen molar-refractivity contribution in [3.63, 3.8) is 0 Å². The van der Waals surface area contributed by atoms with E-state index in [0.717, 1.165) is 22.7 Å². The van der Waals surface area contributed by atoms with Gasteiger partial charge < -0.3 is 4.57 Å². The van der Waals surface area contributed by atoms with Gasteiger partial charge in [-0.05, 0) is 42.0 Å². The summed E-state index contributed by atoms with van der Waals surface area (Å²) in [6, 6.07) is 16.3. The van der Waals surface area contributed by atoms with Crippen LogP contribution in [0.2, 0.25) is 5.15 Å². The fraction of sp³-hybridized carbons (Fsp3) is 0.100. The molecule has 2 aromatic carbocycles. The van der Waals surface area contributed by atoms with E-state index in [-0.39, 0.29) is 6.54 Å². The van der Waals surface area contributed by atoms with Gasteiger partial charge in [0.1, 0.15) is 11.0 Å². The van der Waals surface area contributed by atoms with Crippen LogP contribution in [-0.2, 0) is 12.7 Å². The van der Waals surface area contributed by atoms with Gasteiger partial charge in [0, 0.05) is 18.3 Å². The standard InChI is InChI=1S/C20H13ClF3N3/c21-18-9-8-14(11-25-18)19-26-16-6-1-2-7-17(16)27(19)12-13-4-3-5-15(10-13)20(22,23)24/h1-11H,12H2. The maximum atomic E-state index is 13.0. The van der Waals surface area contributed by atoms with Crippen LogP contribution in [0.1, 0.15) is 11.1 Å². The van der Waals surface area contributed by atoms with Crippen LogP contribution >= 0.6 is 11.6 Å². The number of rotatable bonds is 3. The molecule has 3 nitrogen and oxygen atoms in total. The molecule has 0 amide bonds. The zero-order chi connectivity index (χ0) is 19.0. The molecule has 0 unspecified atom stereocenters. The van der Waals surface area contributed by atoms with Gasteiger partial charge in [0.25, 0.3) is 0 Å². The number of benzene rings is 2. The Hall–Kier alpha value is -2.86. The molecule has 4 aromatic rings. The summed E-state index contributed by atoms with van der Waals surface area (Å²) in [6.07, 6.45) is -2.78. The second-order valence-electron chi connectivity index (χ2n) is 6.08. The highest BCUT2D eigenvalue weighted by atomic mass is 35.5. The molecule has 0 aliphatic rings. The Balaban J connectivity index is 1.83. The van der Waals surface area contributed by atoms with Gasteiger partial charge in [-0.15, -0.1) is 0 Å². The number of pyridine rings is 1. The summed E-state index contributed by atoms with van der Waals surface area (Å²) in [6.45, 7) is 0.252. The van der Waals surface area contributed by atoms with Gasteiger partial charge in [0.05, 0.1) is 16.6 Å². The van der Waals surface area contributed by atoms with Crippen LogP contribution in [0.5, 0.6) is 0 Å². The summed E-state index contributed by atoms with van der Waals surface area (Å²) >= 11 is 5.86. The molecule has 0 spiro atoms. The third kappa shape index (κ3) is 3.53. The van der Waals surface area contributed by atoms with E-state index in [1.165, 1.54) is 12.1 Å². The van der Waals surface area contributed by atoms with Crippen LogP contribution in [0.15, 0.2) is 66.9 Å². The summed E-state index contributed by atoms with van der Waals surface area (Å²) in [7, 11) is 0. The molecule has 4 rings (SSSR count). The lowest BCUT2D eigenvalue weighted by Gasteiger charge is -2.12. The van der Waals surface area contributed by atoms with E-state index < -0.39 is 11.7 Å². The van der Waals surface area contributed by atoms with Gasteiger partial charge in [-0.1, -0.05) is 35.9 Å². The van der Waals surface area contributed by atoms with E-state index >= 15 is 0 Å². The molecule has 7 heteroatoms. The minimum absolute atomic E-state index is 0.252. The summed E-state index contributed by atoms with van der Waals surface area (Å²) in [5, 5.41) is 0.360. The smallest absolute Gasteiger partial charge is 0.319 e. The highest BCUT2D eigenvalue weighted by molar-refractivity contribution is 6.29. The number of aromatic nitrogens is 3. The first-order chi connectivity index (χ1) is 12.9. The topological polar surface area (TPSA) is 30.7 Å². The molecule has 0 atom stereocenters. The van der Waals surface area contributed by atoms with E-state index in [4.69, 9.17) is 11.6 Å². The van der Waals surface area contributed by atoms with Crippen LogP contribution in [0.4, 0.5) is 13.2 Å². The van der Waals surface area contributed by atoms with E-state index in [1.807, 2.05) is 28.8 Å². The molecule has 0 fully saturated rings. The zero-order valence-corrected chi connectivity index (χ0v) is 14.7. The Bertz CT molecular complexity index is 1100. The van der Waals surface area contributed by atoms with Gasteiger partial charge in [0.2, 0.25) is 0 Å². The van der Waals surface area contributed by atoms with E-state index in [1.54, 1.807) is 24.4 Å². The SMILES string of the molecule is FC(F)(F)c1cccc(Cn2c(-c3ccc(Cl)nc3)nc3ccccc32)c1. The van der Waals surface area contributed by atoms with Crippen molar-refractivity contribution in [1.29, 1.82) is 0 Å². The number of halogens is 4. The molecule has 0 aliphatic carbocycles. The van der Waals surface area contributed by atoms with Crippen molar-refractivity contribution >= 4 is 22.6 Å². The second-order valence-corrected chi connectivity index (χ2v) is 6.47. The normalized spacial score (nSPS) is 11.9. The average molecular weight is 388 g/mol. The maximum absolute atomic E-state index is 13.0. The van der Waals surface area contributed by atoms with E-state index in [2.05, 4.69) is 9.97 Å². The third-order valence-electron chi connectivity index (χ3n) is 4.24. The molecule has 2 heterocycles. The molecule has 0 radical (unpaired) electrons. The van der Waals surface area contributed by atoms with Crippen molar-refractivity contribution in [2.75, 3.05) is 0 Å². The minimum atomic E-state index is -4.38. The molecule has 0 bridgehead atoms. The quantitative estimate of drug-likeness (QED) is 0.415. The molecule has 0 N–H and O–H groups in total. The fourth-order valence-electron chi connectivity index (χ4n) is 2.99. The minimum Gasteiger partial charge on any atom is -0.319 e. The molecule has 0 saturated heterocycles. The van der Waals surface area contributed by atoms with Crippen molar-refractivity contribution in [3.05, 3.63) is 83.1 Å². The second kappa shape index (κ2) is 6.70. The predicted octanol–water partition coefficient (Wildman–Crippen LogP) is 5.82. The maximum Gasteiger partial charge on any atom is 0.416 e. The first-order valence-electron chi connectivity index (χ1n) is 8.15. The van der Waals surface area contributed by atoms with Crippen LogP contribution in [0.25, 0.3) is 22.4 Å². The van der Waals surface area contributed by atoms with Crippen LogP contribution in [0.3, 0.4) is 0 Å². The summed E-state index contributed by atoms with van der Waals surface area (Å²) in [5.74, 6) is 0.623. The molecule has 0 aliphatic heterocycles. The lowest BCUT2D eigenvalue weighted by Crippen LogP contribution is -2.07. The molecule has 27 heavy (non-hydrogen) atoms. The largest absolute Gasteiger partial charge is 0.416 e. The molecule has 0 saturated carbocycles. The van der Waals surface area contributed by atoms with Crippen LogP contribution < -0.4 is 0 Å². The van der Waals surface area contributed by atoms with Gasteiger partial charge in [-0.2, -0.15) is 13.2 Å². The number of fused-ring (bicyclic) bond motifs is 1. The van der Waals surface area contributed by atoms with Crippen LogP contribution in [0, 0.1) is 0 Å². The lowest BCUT2D eigenvalue weighted by molar-refractivity contribution is -0.137. The average Bonchev–Trinajstić information content (AvgIpc) is 3.01. The zero-order valence-electron chi connectivity index (χ0n) is 13.9. The Morgan fingerprint density at radius 3 is 2.52 bits per heavy atom. The number of para-hydroxylation sites is 2. The van der Waals surface area contributed by atoms with Gasteiger partial charge >= 0.3 is 6.18 Å². The Kier molecular flexibility index (Phi) is 4.36. The molecule has 2 aromatic heterocycles. The first kappa shape index (κ1) is 17.5.